The lowest BCUT2D eigenvalue weighted by Gasteiger charge is -2.38. The van der Waals surface area contributed by atoms with E-state index in [0.717, 1.165) is 6.07 Å². The lowest BCUT2D eigenvalue weighted by Crippen LogP contribution is -2.51. The molecule has 1 aromatic rings. The van der Waals surface area contributed by atoms with Crippen LogP contribution < -0.4 is 0 Å². The molecule has 1 fully saturated rings. The summed E-state index contributed by atoms with van der Waals surface area (Å²) in [4.78, 5) is 11.6. The molecule has 0 radical (unpaired) electrons. The monoisotopic (exact) mass is 242 g/mol. The fourth-order valence-corrected chi connectivity index (χ4v) is 1.89. The highest BCUT2D eigenvalue weighted by molar-refractivity contribution is 5.78. The summed E-state index contributed by atoms with van der Waals surface area (Å²) >= 11 is 0. The molecule has 0 saturated carbocycles. The minimum atomic E-state index is -0.826. The van der Waals surface area contributed by atoms with E-state index in [-0.39, 0.29) is 19.6 Å². The van der Waals surface area contributed by atoms with E-state index < -0.39 is 23.0 Å². The zero-order valence-electron chi connectivity index (χ0n) is 9.33. The molecular weight excluding hydrogens is 230 g/mol. The Balaban J connectivity index is 2.21. The third-order valence-electron chi connectivity index (χ3n) is 2.92. The molecule has 1 heterocycles. The van der Waals surface area contributed by atoms with Crippen molar-refractivity contribution in [3.63, 3.8) is 0 Å². The van der Waals surface area contributed by atoms with Crippen LogP contribution in [0.15, 0.2) is 18.2 Å². The van der Waals surface area contributed by atoms with Crippen LogP contribution >= 0.6 is 0 Å². The summed E-state index contributed by atoms with van der Waals surface area (Å²) in [6, 6.07) is 3.32. The highest BCUT2D eigenvalue weighted by Crippen LogP contribution is 2.33. The molecule has 0 aliphatic carbocycles. The summed E-state index contributed by atoms with van der Waals surface area (Å²) in [5, 5.41) is 0. The highest BCUT2D eigenvalue weighted by atomic mass is 19.1. The van der Waals surface area contributed by atoms with Crippen molar-refractivity contribution in [3.05, 3.63) is 35.4 Å². The van der Waals surface area contributed by atoms with Gasteiger partial charge in [0.1, 0.15) is 17.0 Å². The van der Waals surface area contributed by atoms with Crippen molar-refractivity contribution in [2.75, 3.05) is 20.3 Å². The second-order valence-corrected chi connectivity index (χ2v) is 4.18. The Morgan fingerprint density at radius 3 is 2.65 bits per heavy atom. The van der Waals surface area contributed by atoms with Gasteiger partial charge in [-0.25, -0.2) is 8.78 Å². The maximum absolute atomic E-state index is 13.5. The van der Waals surface area contributed by atoms with E-state index in [4.69, 9.17) is 4.74 Å². The van der Waals surface area contributed by atoms with Gasteiger partial charge in [-0.3, -0.25) is 4.79 Å². The third kappa shape index (κ3) is 2.15. The fourth-order valence-electron chi connectivity index (χ4n) is 1.89. The van der Waals surface area contributed by atoms with Crippen molar-refractivity contribution >= 4 is 5.97 Å². The van der Waals surface area contributed by atoms with Gasteiger partial charge in [-0.15, -0.1) is 0 Å². The molecule has 1 aliphatic heterocycles. The van der Waals surface area contributed by atoms with E-state index in [1.54, 1.807) is 0 Å². The molecule has 0 unspecified atom stereocenters. The van der Waals surface area contributed by atoms with Gasteiger partial charge >= 0.3 is 5.97 Å². The van der Waals surface area contributed by atoms with Crippen LogP contribution in [0.5, 0.6) is 0 Å². The van der Waals surface area contributed by atoms with Crippen LogP contribution in [-0.4, -0.2) is 26.3 Å². The maximum Gasteiger partial charge on any atom is 0.316 e. The normalized spacial score (nSPS) is 17.4. The van der Waals surface area contributed by atoms with Gasteiger partial charge < -0.3 is 9.47 Å². The maximum atomic E-state index is 13.5. The molecule has 3 nitrogen and oxygen atoms in total. The Morgan fingerprint density at radius 1 is 1.47 bits per heavy atom. The van der Waals surface area contributed by atoms with E-state index in [1.807, 2.05) is 0 Å². The largest absolute Gasteiger partial charge is 0.468 e. The number of ether oxygens (including phenoxy) is 2. The number of benzene rings is 1. The van der Waals surface area contributed by atoms with Crippen LogP contribution in [0, 0.1) is 17.0 Å². The molecule has 0 amide bonds. The van der Waals surface area contributed by atoms with Gasteiger partial charge in [0.05, 0.1) is 20.3 Å². The number of carbonyl (C=O) groups excluding carboxylic acids is 1. The molecule has 2 rings (SSSR count). The second-order valence-electron chi connectivity index (χ2n) is 4.18. The van der Waals surface area contributed by atoms with Gasteiger partial charge in [0.25, 0.3) is 0 Å². The molecule has 1 aromatic carbocycles. The number of halogens is 2. The molecule has 0 spiro atoms. The first-order chi connectivity index (χ1) is 8.07. The van der Waals surface area contributed by atoms with Crippen molar-refractivity contribution in [2.45, 2.75) is 6.42 Å². The van der Waals surface area contributed by atoms with Crippen molar-refractivity contribution in [1.82, 2.24) is 0 Å². The quantitative estimate of drug-likeness (QED) is 0.757. The summed E-state index contributed by atoms with van der Waals surface area (Å²) in [5.41, 5.74) is -0.534. The molecule has 0 N–H and O–H groups in total. The van der Waals surface area contributed by atoms with Gasteiger partial charge in [-0.05, 0) is 18.1 Å². The number of hydrogen-bond donors (Lipinski definition) is 0. The SMILES string of the molecule is COC(=O)C1(Cc2ccc(F)cc2F)COC1. The van der Waals surface area contributed by atoms with Crippen LogP contribution in [0.2, 0.25) is 0 Å². The van der Waals surface area contributed by atoms with Gasteiger partial charge in [0.15, 0.2) is 0 Å². The van der Waals surface area contributed by atoms with Crippen molar-refractivity contribution in [2.24, 2.45) is 5.41 Å². The minimum Gasteiger partial charge on any atom is -0.468 e. The van der Waals surface area contributed by atoms with Gasteiger partial charge in [0, 0.05) is 6.07 Å². The highest BCUT2D eigenvalue weighted by Gasteiger charge is 2.47. The Morgan fingerprint density at radius 2 is 2.18 bits per heavy atom. The zero-order chi connectivity index (χ0) is 12.5. The average molecular weight is 242 g/mol. The van der Waals surface area contributed by atoms with Crippen molar-refractivity contribution < 1.29 is 23.0 Å². The van der Waals surface area contributed by atoms with Gasteiger partial charge in [-0.1, -0.05) is 6.07 Å². The Bertz CT molecular complexity index is 441. The fraction of sp³-hybridized carbons (Fsp3) is 0.417. The van der Waals surface area contributed by atoms with E-state index in [9.17, 15) is 13.6 Å². The summed E-state index contributed by atoms with van der Waals surface area (Å²) < 4.78 is 35.9. The number of carbonyl (C=O) groups is 1. The third-order valence-corrected chi connectivity index (χ3v) is 2.92. The van der Waals surface area contributed by atoms with Crippen LogP contribution in [0.25, 0.3) is 0 Å². The topological polar surface area (TPSA) is 35.5 Å². The van der Waals surface area contributed by atoms with Crippen LogP contribution in [0.4, 0.5) is 8.78 Å². The molecule has 5 heteroatoms. The number of esters is 1. The van der Waals surface area contributed by atoms with E-state index in [0.29, 0.717) is 5.56 Å². The standard InChI is InChI=1S/C12H12F2O3/c1-16-11(15)12(6-17-7-12)5-8-2-3-9(13)4-10(8)14/h2-4H,5-7H2,1H3. The first-order valence-electron chi connectivity index (χ1n) is 5.17. The van der Waals surface area contributed by atoms with Crippen LogP contribution in [-0.2, 0) is 20.7 Å². The summed E-state index contributed by atoms with van der Waals surface area (Å²) in [6.45, 7) is 0.410. The first-order valence-corrected chi connectivity index (χ1v) is 5.17. The second kappa shape index (κ2) is 4.41. The minimum absolute atomic E-state index is 0.159. The molecule has 0 aromatic heterocycles. The summed E-state index contributed by atoms with van der Waals surface area (Å²) in [5.74, 6) is -1.71. The molecular formula is C12H12F2O3. The lowest BCUT2D eigenvalue weighted by molar-refractivity contribution is -0.183. The Kier molecular flexibility index (Phi) is 3.11. The smallest absolute Gasteiger partial charge is 0.316 e. The Hall–Kier alpha value is -1.49. The average Bonchev–Trinajstić information content (AvgIpc) is 2.25. The predicted molar refractivity (Wildman–Crippen MR) is 55.3 cm³/mol. The summed E-state index contributed by atoms with van der Waals surface area (Å²) in [7, 11) is 1.28. The molecule has 17 heavy (non-hydrogen) atoms. The molecule has 92 valence electrons. The van der Waals surface area contributed by atoms with E-state index >= 15 is 0 Å². The van der Waals surface area contributed by atoms with E-state index in [2.05, 4.69) is 4.74 Å². The van der Waals surface area contributed by atoms with E-state index in [1.165, 1.54) is 19.2 Å². The van der Waals surface area contributed by atoms with Gasteiger partial charge in [0.2, 0.25) is 0 Å². The van der Waals surface area contributed by atoms with Crippen LogP contribution in [0.1, 0.15) is 5.56 Å². The molecule has 1 aliphatic rings. The summed E-state index contributed by atoms with van der Waals surface area (Å²) in [6.07, 6.45) is 0.159. The molecule has 0 atom stereocenters. The first kappa shape index (κ1) is 12.0. The lowest BCUT2D eigenvalue weighted by atomic mass is 9.79. The predicted octanol–water partition coefficient (Wildman–Crippen LogP) is 1.70. The number of rotatable bonds is 3. The molecule has 0 bridgehead atoms. The number of methoxy groups -OCH3 is 1. The van der Waals surface area contributed by atoms with Crippen molar-refractivity contribution in [3.8, 4) is 0 Å². The van der Waals surface area contributed by atoms with Crippen LogP contribution in [0.3, 0.4) is 0 Å². The Labute approximate surface area is 97.3 Å². The van der Waals surface area contributed by atoms with Crippen molar-refractivity contribution in [1.29, 1.82) is 0 Å². The van der Waals surface area contributed by atoms with Gasteiger partial charge in [-0.2, -0.15) is 0 Å². The molecule has 1 saturated heterocycles. The number of hydrogen-bond acceptors (Lipinski definition) is 3. The zero-order valence-corrected chi connectivity index (χ0v) is 9.33.